The van der Waals surface area contributed by atoms with Crippen molar-refractivity contribution in [1.82, 2.24) is 14.0 Å². The molecule has 0 spiro atoms. The van der Waals surface area contributed by atoms with Gasteiger partial charge in [0.05, 0.1) is 17.8 Å². The Morgan fingerprint density at radius 3 is 3.05 bits per heavy atom. The molecular weight excluding hydrogens is 280 g/mol. The lowest BCUT2D eigenvalue weighted by Gasteiger charge is -2.05. The number of nitrogens with two attached hydrogens (primary N) is 1. The predicted octanol–water partition coefficient (Wildman–Crippen LogP) is 1.24. The summed E-state index contributed by atoms with van der Waals surface area (Å²) < 4.78 is 3.49. The molecule has 0 amide bonds. The number of thiazole rings is 1. The second-order valence-corrected chi connectivity index (χ2v) is 5.36. The SMILES string of the molecule is NC(=S)c1cccn(Cc2cn3ccsc3n2)c1=O. The summed E-state index contributed by atoms with van der Waals surface area (Å²) in [4.78, 5) is 17.6. The van der Waals surface area contributed by atoms with Crippen LogP contribution in [0.25, 0.3) is 4.96 Å². The highest BCUT2D eigenvalue weighted by Crippen LogP contribution is 2.11. The Balaban J connectivity index is 1.99. The van der Waals surface area contributed by atoms with Crippen molar-refractivity contribution < 1.29 is 0 Å². The lowest BCUT2D eigenvalue weighted by atomic mass is 10.2. The first-order chi connectivity index (χ1) is 9.15. The second-order valence-electron chi connectivity index (χ2n) is 4.04. The van der Waals surface area contributed by atoms with E-state index >= 15 is 0 Å². The number of hydrogen-bond acceptors (Lipinski definition) is 4. The average molecular weight is 290 g/mol. The molecule has 0 saturated heterocycles. The molecule has 0 fully saturated rings. The third-order valence-corrected chi connectivity index (χ3v) is 3.75. The molecule has 0 aliphatic rings. The van der Waals surface area contributed by atoms with Gasteiger partial charge in [-0.1, -0.05) is 12.2 Å². The first-order valence-corrected chi connectivity index (χ1v) is 6.84. The van der Waals surface area contributed by atoms with Crippen LogP contribution in [0, 0.1) is 0 Å². The quantitative estimate of drug-likeness (QED) is 0.737. The summed E-state index contributed by atoms with van der Waals surface area (Å²) in [7, 11) is 0. The maximum Gasteiger partial charge on any atom is 0.261 e. The summed E-state index contributed by atoms with van der Waals surface area (Å²) in [5, 5.41) is 1.96. The van der Waals surface area contributed by atoms with Crippen LogP contribution >= 0.6 is 23.6 Å². The van der Waals surface area contributed by atoms with Crippen molar-refractivity contribution in [2.75, 3.05) is 0 Å². The van der Waals surface area contributed by atoms with Crippen LogP contribution in [-0.2, 0) is 6.54 Å². The van der Waals surface area contributed by atoms with Crippen LogP contribution < -0.4 is 11.3 Å². The van der Waals surface area contributed by atoms with Gasteiger partial charge in [-0.3, -0.25) is 9.20 Å². The summed E-state index contributed by atoms with van der Waals surface area (Å²) in [5.74, 6) is 0. The highest BCUT2D eigenvalue weighted by molar-refractivity contribution is 7.80. The Morgan fingerprint density at radius 2 is 2.32 bits per heavy atom. The molecule has 0 aliphatic heterocycles. The third kappa shape index (κ3) is 2.18. The number of fused-ring (bicyclic) bond motifs is 1. The fraction of sp³-hybridized carbons (Fsp3) is 0.0833. The van der Waals surface area contributed by atoms with Gasteiger partial charge in [-0.15, -0.1) is 11.3 Å². The van der Waals surface area contributed by atoms with Gasteiger partial charge in [0, 0.05) is 24.0 Å². The molecule has 3 heterocycles. The van der Waals surface area contributed by atoms with Crippen molar-refractivity contribution in [3.63, 3.8) is 0 Å². The monoisotopic (exact) mass is 290 g/mol. The fourth-order valence-corrected chi connectivity index (χ4v) is 2.75. The molecule has 0 atom stereocenters. The van der Waals surface area contributed by atoms with E-state index in [2.05, 4.69) is 4.98 Å². The summed E-state index contributed by atoms with van der Waals surface area (Å²) in [5.41, 5.74) is 6.52. The molecule has 3 rings (SSSR count). The summed E-state index contributed by atoms with van der Waals surface area (Å²) >= 11 is 6.41. The minimum atomic E-state index is -0.189. The Kier molecular flexibility index (Phi) is 2.92. The summed E-state index contributed by atoms with van der Waals surface area (Å²) in [6.45, 7) is 0.406. The lowest BCUT2D eigenvalue weighted by molar-refractivity contribution is 0.743. The molecule has 7 heteroatoms. The Bertz CT molecular complexity index is 786. The zero-order chi connectivity index (χ0) is 13.4. The van der Waals surface area contributed by atoms with Crippen molar-refractivity contribution in [3.8, 4) is 0 Å². The number of hydrogen-bond donors (Lipinski definition) is 1. The van der Waals surface area contributed by atoms with Gasteiger partial charge in [0.2, 0.25) is 0 Å². The van der Waals surface area contributed by atoms with Gasteiger partial charge >= 0.3 is 0 Å². The number of thiocarbonyl (C=S) groups is 1. The van der Waals surface area contributed by atoms with E-state index in [0.29, 0.717) is 12.1 Å². The van der Waals surface area contributed by atoms with Gasteiger partial charge in [0.15, 0.2) is 4.96 Å². The molecule has 2 N–H and O–H groups in total. The number of pyridine rings is 1. The largest absolute Gasteiger partial charge is 0.389 e. The van der Waals surface area contributed by atoms with Crippen molar-refractivity contribution in [3.05, 3.63) is 57.7 Å². The second kappa shape index (κ2) is 4.60. The number of nitrogens with zero attached hydrogens (tertiary/aromatic N) is 3. The number of imidazole rings is 1. The molecule has 96 valence electrons. The van der Waals surface area contributed by atoms with E-state index in [0.717, 1.165) is 10.7 Å². The Hall–Kier alpha value is -1.99. The van der Waals surface area contributed by atoms with E-state index in [-0.39, 0.29) is 10.5 Å². The zero-order valence-corrected chi connectivity index (χ0v) is 11.4. The van der Waals surface area contributed by atoms with Gasteiger partial charge in [0.1, 0.15) is 4.99 Å². The van der Waals surface area contributed by atoms with E-state index < -0.39 is 0 Å². The van der Waals surface area contributed by atoms with Crippen LogP contribution in [-0.4, -0.2) is 18.9 Å². The first-order valence-electron chi connectivity index (χ1n) is 5.55. The van der Waals surface area contributed by atoms with Crippen LogP contribution in [0.4, 0.5) is 0 Å². The molecule has 3 aromatic heterocycles. The normalized spacial score (nSPS) is 10.9. The zero-order valence-electron chi connectivity index (χ0n) is 9.81. The maximum atomic E-state index is 12.1. The Morgan fingerprint density at radius 1 is 1.47 bits per heavy atom. The van der Waals surface area contributed by atoms with E-state index in [1.54, 1.807) is 34.2 Å². The predicted molar refractivity (Wildman–Crippen MR) is 78.8 cm³/mol. The smallest absolute Gasteiger partial charge is 0.261 e. The summed E-state index contributed by atoms with van der Waals surface area (Å²) in [6, 6.07) is 3.39. The van der Waals surface area contributed by atoms with Gasteiger partial charge < -0.3 is 10.3 Å². The van der Waals surface area contributed by atoms with Crippen LogP contribution in [0.2, 0.25) is 0 Å². The molecule has 0 bridgehead atoms. The molecule has 0 saturated carbocycles. The van der Waals surface area contributed by atoms with Crippen molar-refractivity contribution in [2.45, 2.75) is 6.54 Å². The van der Waals surface area contributed by atoms with Crippen LogP contribution in [0.15, 0.2) is 40.9 Å². The molecule has 0 aromatic carbocycles. The minimum Gasteiger partial charge on any atom is -0.389 e. The molecule has 0 unspecified atom stereocenters. The number of rotatable bonds is 3. The van der Waals surface area contributed by atoms with Gasteiger partial charge in [0.25, 0.3) is 5.56 Å². The molecule has 0 aliphatic carbocycles. The standard InChI is InChI=1S/C12H10N4OS2/c13-10(18)9-2-1-3-15(11(9)17)6-8-7-16-4-5-19-12(16)14-8/h1-5,7H,6H2,(H2,13,18). The minimum absolute atomic E-state index is 0.116. The van der Waals surface area contributed by atoms with Gasteiger partial charge in [-0.05, 0) is 12.1 Å². The summed E-state index contributed by atoms with van der Waals surface area (Å²) in [6.07, 6.45) is 5.55. The van der Waals surface area contributed by atoms with E-state index in [1.807, 2.05) is 22.2 Å². The van der Waals surface area contributed by atoms with Crippen LogP contribution in [0.3, 0.4) is 0 Å². The first kappa shape index (κ1) is 12.1. The maximum absolute atomic E-state index is 12.1. The Labute approximate surface area is 117 Å². The highest BCUT2D eigenvalue weighted by Gasteiger charge is 2.08. The van der Waals surface area contributed by atoms with Crippen molar-refractivity contribution in [1.29, 1.82) is 0 Å². The lowest BCUT2D eigenvalue weighted by Crippen LogP contribution is -2.28. The molecule has 5 nitrogen and oxygen atoms in total. The fourth-order valence-electron chi connectivity index (χ4n) is 1.88. The van der Waals surface area contributed by atoms with Gasteiger partial charge in [-0.2, -0.15) is 0 Å². The molecular formula is C12H10N4OS2. The van der Waals surface area contributed by atoms with Crippen LogP contribution in [0.5, 0.6) is 0 Å². The third-order valence-electron chi connectivity index (χ3n) is 2.76. The highest BCUT2D eigenvalue weighted by atomic mass is 32.1. The topological polar surface area (TPSA) is 65.3 Å². The van der Waals surface area contributed by atoms with Gasteiger partial charge in [-0.25, -0.2) is 4.98 Å². The van der Waals surface area contributed by atoms with Crippen molar-refractivity contribution >= 4 is 33.5 Å². The van der Waals surface area contributed by atoms with Crippen LogP contribution in [0.1, 0.15) is 11.3 Å². The van der Waals surface area contributed by atoms with E-state index in [4.69, 9.17) is 18.0 Å². The number of aromatic nitrogens is 3. The molecule has 3 aromatic rings. The van der Waals surface area contributed by atoms with E-state index in [1.165, 1.54) is 0 Å². The average Bonchev–Trinajstić information content (AvgIpc) is 2.92. The molecule has 19 heavy (non-hydrogen) atoms. The van der Waals surface area contributed by atoms with Crippen molar-refractivity contribution in [2.24, 2.45) is 5.73 Å². The molecule has 0 radical (unpaired) electrons. The van der Waals surface area contributed by atoms with E-state index in [9.17, 15) is 4.79 Å².